The number of carboxylic acid groups (broad SMARTS) is 2. The van der Waals surface area contributed by atoms with Crippen molar-refractivity contribution in [1.29, 1.82) is 0 Å². The van der Waals surface area contributed by atoms with Crippen LogP contribution >= 0.6 is 0 Å². The van der Waals surface area contributed by atoms with E-state index in [-0.39, 0.29) is 35.9 Å². The van der Waals surface area contributed by atoms with Gasteiger partial charge in [-0.2, -0.15) is 0 Å². The van der Waals surface area contributed by atoms with Crippen LogP contribution in [0.2, 0.25) is 9.63 Å². The molecule has 4 nitrogen and oxygen atoms in total. The van der Waals surface area contributed by atoms with E-state index in [9.17, 15) is 9.59 Å². The first-order valence-corrected chi connectivity index (χ1v) is 9.70. The number of carboxylic acids is 2. The molecule has 0 aromatic carbocycles. The fourth-order valence-corrected chi connectivity index (χ4v) is 9.56. The first-order chi connectivity index (χ1) is 5.61. The SMILES string of the molecule is O=C(O)[C@@H]1CC[C@@H](C(=O)O)[Se][Se]1. The van der Waals surface area contributed by atoms with Crippen molar-refractivity contribution in [2.24, 2.45) is 0 Å². The van der Waals surface area contributed by atoms with Gasteiger partial charge in [0, 0.05) is 0 Å². The molecule has 0 aliphatic carbocycles. The molecule has 68 valence electrons. The van der Waals surface area contributed by atoms with Gasteiger partial charge in [-0.3, -0.25) is 0 Å². The minimum absolute atomic E-state index is 0.0279. The molecule has 0 saturated carbocycles. The molecule has 1 heterocycles. The third kappa shape index (κ3) is 2.49. The zero-order valence-corrected chi connectivity index (χ0v) is 9.52. The average molecular weight is 302 g/mol. The van der Waals surface area contributed by atoms with Crippen LogP contribution in [-0.2, 0) is 9.59 Å². The number of aliphatic carboxylic acids is 2. The van der Waals surface area contributed by atoms with Crippen molar-refractivity contribution in [3.8, 4) is 0 Å². The molecule has 0 unspecified atom stereocenters. The molecule has 0 spiro atoms. The van der Waals surface area contributed by atoms with E-state index >= 15 is 0 Å². The van der Waals surface area contributed by atoms with Gasteiger partial charge in [0.1, 0.15) is 0 Å². The summed E-state index contributed by atoms with van der Waals surface area (Å²) in [5.74, 6) is -1.50. The quantitative estimate of drug-likeness (QED) is 0.696. The zero-order valence-electron chi connectivity index (χ0n) is 6.10. The molecule has 0 amide bonds. The average Bonchev–Trinajstić information content (AvgIpc) is 2.04. The van der Waals surface area contributed by atoms with Crippen molar-refractivity contribution in [2.45, 2.75) is 22.5 Å². The summed E-state index contributed by atoms with van der Waals surface area (Å²) in [6, 6.07) is 0. The Kier molecular flexibility index (Phi) is 3.59. The predicted molar refractivity (Wildman–Crippen MR) is 43.5 cm³/mol. The second-order valence-electron chi connectivity index (χ2n) is 2.42. The molecule has 0 bridgehead atoms. The van der Waals surface area contributed by atoms with E-state index in [0.717, 1.165) is 0 Å². The molecule has 2 N–H and O–H groups in total. The van der Waals surface area contributed by atoms with E-state index in [1.165, 1.54) is 0 Å². The van der Waals surface area contributed by atoms with Crippen molar-refractivity contribution >= 4 is 38.2 Å². The van der Waals surface area contributed by atoms with Crippen LogP contribution in [0.4, 0.5) is 0 Å². The fraction of sp³-hybridized carbons (Fsp3) is 0.667. The third-order valence-electron chi connectivity index (χ3n) is 1.53. The molecule has 1 rings (SSSR count). The van der Waals surface area contributed by atoms with Crippen LogP contribution in [0.3, 0.4) is 0 Å². The molecule has 0 aromatic heterocycles. The van der Waals surface area contributed by atoms with Crippen LogP contribution in [0, 0.1) is 0 Å². The molecule has 1 aliphatic heterocycles. The Morgan fingerprint density at radius 2 is 1.33 bits per heavy atom. The number of carbonyl (C=O) groups is 2. The Morgan fingerprint density at radius 1 is 1.00 bits per heavy atom. The zero-order chi connectivity index (χ0) is 9.14. The molecular weight excluding hydrogens is 294 g/mol. The first-order valence-electron chi connectivity index (χ1n) is 3.39. The van der Waals surface area contributed by atoms with Gasteiger partial charge in [0.15, 0.2) is 0 Å². The van der Waals surface area contributed by atoms with Crippen molar-refractivity contribution < 1.29 is 19.8 Å². The predicted octanol–water partition coefficient (Wildman–Crippen LogP) is -0.150. The van der Waals surface area contributed by atoms with Crippen LogP contribution < -0.4 is 0 Å². The van der Waals surface area contributed by atoms with Gasteiger partial charge in [-0.25, -0.2) is 0 Å². The number of rotatable bonds is 2. The van der Waals surface area contributed by atoms with Crippen molar-refractivity contribution in [1.82, 2.24) is 0 Å². The number of hydrogen-bond acceptors (Lipinski definition) is 2. The van der Waals surface area contributed by atoms with E-state index in [1.54, 1.807) is 0 Å². The normalized spacial score (nSPS) is 29.7. The summed E-state index contributed by atoms with van der Waals surface area (Å²) in [6.45, 7) is 0. The molecular formula is C6H8O4Se2. The molecule has 0 radical (unpaired) electrons. The van der Waals surface area contributed by atoms with Gasteiger partial charge in [-0.05, 0) is 0 Å². The summed E-state index contributed by atoms with van der Waals surface area (Å²) in [4.78, 5) is 20.6. The van der Waals surface area contributed by atoms with Gasteiger partial charge in [0.25, 0.3) is 0 Å². The molecule has 0 aromatic rings. The summed E-state index contributed by atoms with van der Waals surface area (Å²) in [5, 5.41) is 17.3. The van der Waals surface area contributed by atoms with E-state index in [4.69, 9.17) is 10.2 Å². The van der Waals surface area contributed by atoms with Gasteiger partial charge >= 0.3 is 80.5 Å². The molecule has 1 saturated heterocycles. The maximum absolute atomic E-state index is 10.5. The van der Waals surface area contributed by atoms with Crippen LogP contribution in [0.5, 0.6) is 0 Å². The summed E-state index contributed by atoms with van der Waals surface area (Å²) in [6.07, 6.45) is 1.10. The van der Waals surface area contributed by atoms with Crippen molar-refractivity contribution in [3.05, 3.63) is 0 Å². The summed E-state index contributed by atoms with van der Waals surface area (Å²) < 4.78 is 0. The maximum atomic E-state index is 10.5. The Labute approximate surface area is 80.6 Å². The molecule has 2 atom stereocenters. The Morgan fingerprint density at radius 3 is 1.50 bits per heavy atom. The summed E-state index contributed by atoms with van der Waals surface area (Å²) in [5.41, 5.74) is 0. The van der Waals surface area contributed by atoms with E-state index in [0.29, 0.717) is 12.8 Å². The van der Waals surface area contributed by atoms with Gasteiger partial charge in [-0.15, -0.1) is 0 Å². The topological polar surface area (TPSA) is 74.6 Å². The van der Waals surface area contributed by atoms with Crippen LogP contribution in [-0.4, -0.2) is 48.4 Å². The molecule has 1 fully saturated rings. The Balaban J connectivity index is 2.39. The third-order valence-corrected chi connectivity index (χ3v) is 10.8. The molecule has 12 heavy (non-hydrogen) atoms. The van der Waals surface area contributed by atoms with Crippen LogP contribution in [0.25, 0.3) is 0 Å². The van der Waals surface area contributed by atoms with Gasteiger partial charge in [0.2, 0.25) is 0 Å². The monoisotopic (exact) mass is 304 g/mol. The Hall–Kier alpha value is -0.0210. The second kappa shape index (κ2) is 4.28. The van der Waals surface area contributed by atoms with E-state index in [1.807, 2.05) is 0 Å². The van der Waals surface area contributed by atoms with E-state index < -0.39 is 11.9 Å². The number of hydrogen-bond donors (Lipinski definition) is 2. The summed E-state index contributed by atoms with van der Waals surface area (Å²) >= 11 is 0.0558. The minimum atomic E-state index is -0.749. The van der Waals surface area contributed by atoms with E-state index in [2.05, 4.69) is 0 Å². The molecule has 1 aliphatic rings. The standard InChI is InChI=1S/C6H8O4Se2/c7-5(8)3-1-2-4(6(9)10)12-11-3/h3-4H,1-2H2,(H,7,8)(H,9,10)/t3-,4-/m0/s1. The van der Waals surface area contributed by atoms with Crippen LogP contribution in [0.15, 0.2) is 0 Å². The second-order valence-corrected chi connectivity index (χ2v) is 9.82. The van der Waals surface area contributed by atoms with Gasteiger partial charge in [-0.1, -0.05) is 0 Å². The fourth-order valence-electron chi connectivity index (χ4n) is 0.862. The van der Waals surface area contributed by atoms with Crippen molar-refractivity contribution in [3.63, 3.8) is 0 Å². The van der Waals surface area contributed by atoms with Gasteiger partial charge < -0.3 is 0 Å². The Bertz CT molecular complexity index is 176. The van der Waals surface area contributed by atoms with Crippen LogP contribution in [0.1, 0.15) is 12.8 Å². The van der Waals surface area contributed by atoms with Crippen molar-refractivity contribution in [2.75, 3.05) is 0 Å². The first kappa shape index (κ1) is 10.1. The molecule has 6 heteroatoms. The van der Waals surface area contributed by atoms with Gasteiger partial charge in [0.05, 0.1) is 0 Å². The summed E-state index contributed by atoms with van der Waals surface area (Å²) in [7, 11) is 0.